The van der Waals surface area contributed by atoms with E-state index in [0.717, 1.165) is 16.0 Å². The quantitative estimate of drug-likeness (QED) is 0.602. The smallest absolute Gasteiger partial charge is 0.291 e. The molecule has 0 saturated carbocycles. The predicted octanol–water partition coefficient (Wildman–Crippen LogP) is 1.70. The van der Waals surface area contributed by atoms with Crippen molar-refractivity contribution in [1.29, 1.82) is 0 Å². The largest absolute Gasteiger partial charge is 0.309 e. The number of carbonyl (C=O) groups is 1. The second-order valence-electron chi connectivity index (χ2n) is 5.41. The molecule has 1 N–H and O–H groups in total. The average molecular weight is 354 g/mol. The van der Waals surface area contributed by atoms with Gasteiger partial charge in [-0.15, -0.1) is 11.3 Å². The van der Waals surface area contributed by atoms with Gasteiger partial charge in [-0.05, 0) is 23.6 Å². The van der Waals surface area contributed by atoms with Crippen LogP contribution >= 0.6 is 11.3 Å². The van der Waals surface area contributed by atoms with Crippen molar-refractivity contribution in [3.63, 3.8) is 0 Å². The summed E-state index contributed by atoms with van der Waals surface area (Å²) < 4.78 is 4.10. The molecule has 0 spiro atoms. The minimum atomic E-state index is -0.368. The first-order valence-corrected chi connectivity index (χ1v) is 8.60. The molecule has 4 heterocycles. The molecule has 4 aromatic heterocycles. The molecule has 0 aromatic carbocycles. The van der Waals surface area contributed by atoms with E-state index in [9.17, 15) is 9.59 Å². The highest BCUT2D eigenvalue weighted by Crippen LogP contribution is 2.24. The van der Waals surface area contributed by atoms with Crippen LogP contribution in [0.5, 0.6) is 0 Å². The van der Waals surface area contributed by atoms with Gasteiger partial charge in [-0.25, -0.2) is 14.6 Å². The molecular weight excluding hydrogens is 340 g/mol. The summed E-state index contributed by atoms with van der Waals surface area (Å²) in [6.07, 6.45) is 3.51. The number of anilines is 1. The summed E-state index contributed by atoms with van der Waals surface area (Å²) in [5, 5.41) is 8.99. The Labute approximate surface area is 145 Å². The first-order valence-electron chi connectivity index (χ1n) is 7.72. The molecule has 4 aromatic rings. The highest BCUT2D eigenvalue weighted by Gasteiger charge is 2.16. The highest BCUT2D eigenvalue weighted by molar-refractivity contribution is 7.17. The van der Waals surface area contributed by atoms with Crippen LogP contribution in [0.15, 0.2) is 40.9 Å². The first-order chi connectivity index (χ1) is 12.2. The number of carbonyl (C=O) groups excluding carboxylic acids is 1. The van der Waals surface area contributed by atoms with E-state index in [0.29, 0.717) is 17.8 Å². The fourth-order valence-corrected chi connectivity index (χ4v) is 3.54. The number of hydrogen-bond donors (Lipinski definition) is 1. The van der Waals surface area contributed by atoms with E-state index >= 15 is 0 Å². The fourth-order valence-electron chi connectivity index (χ4n) is 2.74. The van der Waals surface area contributed by atoms with Crippen molar-refractivity contribution in [3.8, 4) is 0 Å². The molecule has 0 aliphatic heterocycles. The SMILES string of the molecule is CCc1nn(CC(=O)Nc2ccncn2)c(=O)c2cc3sccc3n12. The zero-order valence-electron chi connectivity index (χ0n) is 13.3. The Morgan fingerprint density at radius 2 is 2.20 bits per heavy atom. The van der Waals surface area contributed by atoms with Gasteiger partial charge in [-0.2, -0.15) is 5.10 Å². The normalized spacial score (nSPS) is 11.2. The van der Waals surface area contributed by atoms with Gasteiger partial charge in [0.2, 0.25) is 5.91 Å². The van der Waals surface area contributed by atoms with E-state index in [2.05, 4.69) is 20.4 Å². The molecule has 0 unspecified atom stereocenters. The summed E-state index contributed by atoms with van der Waals surface area (Å²) in [6, 6.07) is 5.40. The second-order valence-corrected chi connectivity index (χ2v) is 6.36. The van der Waals surface area contributed by atoms with Gasteiger partial charge in [0.1, 0.15) is 30.0 Å². The van der Waals surface area contributed by atoms with Crippen LogP contribution in [-0.2, 0) is 17.8 Å². The Bertz CT molecular complexity index is 1130. The molecule has 0 atom stereocenters. The molecule has 8 nitrogen and oxygen atoms in total. The number of fused-ring (bicyclic) bond motifs is 3. The Kier molecular flexibility index (Phi) is 3.77. The van der Waals surface area contributed by atoms with Crippen LogP contribution in [0, 0.1) is 0 Å². The molecule has 0 fully saturated rings. The van der Waals surface area contributed by atoms with Crippen LogP contribution < -0.4 is 10.9 Å². The summed E-state index contributed by atoms with van der Waals surface area (Å²) >= 11 is 1.57. The lowest BCUT2D eigenvalue weighted by Crippen LogP contribution is -2.32. The number of nitrogens with one attached hydrogen (secondary N) is 1. The molecule has 9 heteroatoms. The van der Waals surface area contributed by atoms with Gasteiger partial charge in [0.25, 0.3) is 5.56 Å². The van der Waals surface area contributed by atoms with Crippen LogP contribution in [-0.4, -0.2) is 30.1 Å². The van der Waals surface area contributed by atoms with E-state index in [1.807, 2.05) is 28.8 Å². The van der Waals surface area contributed by atoms with Gasteiger partial charge in [-0.1, -0.05) is 6.92 Å². The maximum absolute atomic E-state index is 12.7. The Morgan fingerprint density at radius 3 is 2.96 bits per heavy atom. The molecule has 0 saturated heterocycles. The molecule has 0 radical (unpaired) electrons. The van der Waals surface area contributed by atoms with Gasteiger partial charge in [-0.3, -0.25) is 14.0 Å². The van der Waals surface area contributed by atoms with Crippen LogP contribution in [0.1, 0.15) is 12.7 Å². The molecule has 1 amide bonds. The van der Waals surface area contributed by atoms with Gasteiger partial charge in [0.05, 0.1) is 10.2 Å². The molecule has 0 aliphatic carbocycles. The minimum Gasteiger partial charge on any atom is -0.309 e. The van der Waals surface area contributed by atoms with E-state index in [1.165, 1.54) is 17.2 Å². The third kappa shape index (κ3) is 2.68. The maximum atomic E-state index is 12.7. The van der Waals surface area contributed by atoms with Gasteiger partial charge in [0, 0.05) is 12.6 Å². The second kappa shape index (κ2) is 6.10. The molecule has 4 rings (SSSR count). The summed E-state index contributed by atoms with van der Waals surface area (Å²) in [7, 11) is 0. The summed E-state index contributed by atoms with van der Waals surface area (Å²) in [5.41, 5.74) is 1.21. The number of nitrogens with zero attached hydrogens (tertiary/aromatic N) is 5. The zero-order chi connectivity index (χ0) is 17.4. The maximum Gasteiger partial charge on any atom is 0.291 e. The van der Waals surface area contributed by atoms with Crippen molar-refractivity contribution in [3.05, 3.63) is 52.3 Å². The highest BCUT2D eigenvalue weighted by atomic mass is 32.1. The lowest BCUT2D eigenvalue weighted by molar-refractivity contribution is -0.117. The third-order valence-electron chi connectivity index (χ3n) is 3.83. The first kappa shape index (κ1) is 15.5. The summed E-state index contributed by atoms with van der Waals surface area (Å²) in [6.45, 7) is 1.79. The Balaban J connectivity index is 1.73. The lowest BCUT2D eigenvalue weighted by Gasteiger charge is -2.10. The van der Waals surface area contributed by atoms with Crippen LogP contribution in [0.4, 0.5) is 5.82 Å². The van der Waals surface area contributed by atoms with Crippen molar-refractivity contribution in [2.75, 3.05) is 5.32 Å². The molecule has 0 bridgehead atoms. The standard InChI is InChI=1S/C16H14N6O2S/c1-2-14-20-21(8-15(23)19-13-3-5-17-9-18-13)16(24)11-7-12-10(22(11)14)4-6-25-12/h3-7,9H,2,8H2,1H3,(H,17,18,19,23). The number of hydrogen-bond acceptors (Lipinski definition) is 6. The number of aromatic nitrogens is 5. The van der Waals surface area contributed by atoms with Crippen molar-refractivity contribution in [2.45, 2.75) is 19.9 Å². The van der Waals surface area contributed by atoms with Gasteiger partial charge >= 0.3 is 0 Å². The third-order valence-corrected chi connectivity index (χ3v) is 4.68. The number of rotatable bonds is 4. The Hall–Kier alpha value is -3.07. The number of aryl methyl sites for hydroxylation is 1. The zero-order valence-corrected chi connectivity index (χ0v) is 14.2. The topological polar surface area (TPSA) is 94.2 Å². The average Bonchev–Trinajstić information content (AvgIpc) is 3.20. The number of amides is 1. The van der Waals surface area contributed by atoms with Gasteiger partial charge in [0.15, 0.2) is 0 Å². The summed E-state index contributed by atoms with van der Waals surface area (Å²) in [4.78, 5) is 32.7. The molecule has 0 aliphatic rings. The van der Waals surface area contributed by atoms with Gasteiger partial charge < -0.3 is 5.32 Å². The molecule has 126 valence electrons. The van der Waals surface area contributed by atoms with Crippen molar-refractivity contribution in [2.24, 2.45) is 0 Å². The van der Waals surface area contributed by atoms with E-state index in [-0.39, 0.29) is 18.0 Å². The monoisotopic (exact) mass is 354 g/mol. The molecular formula is C16H14N6O2S. The number of thiophene rings is 1. The minimum absolute atomic E-state index is 0.175. The van der Waals surface area contributed by atoms with Crippen LogP contribution in [0.25, 0.3) is 15.7 Å². The van der Waals surface area contributed by atoms with E-state index in [4.69, 9.17) is 0 Å². The van der Waals surface area contributed by atoms with Crippen molar-refractivity contribution < 1.29 is 4.79 Å². The van der Waals surface area contributed by atoms with Crippen molar-refractivity contribution in [1.82, 2.24) is 24.1 Å². The predicted molar refractivity (Wildman–Crippen MR) is 94.9 cm³/mol. The summed E-state index contributed by atoms with van der Waals surface area (Å²) in [5.74, 6) is 0.749. The van der Waals surface area contributed by atoms with E-state index < -0.39 is 0 Å². The van der Waals surface area contributed by atoms with Crippen LogP contribution in [0.2, 0.25) is 0 Å². The van der Waals surface area contributed by atoms with Crippen molar-refractivity contribution >= 4 is 38.8 Å². The lowest BCUT2D eigenvalue weighted by atomic mass is 10.4. The fraction of sp³-hybridized carbons (Fsp3) is 0.188. The Morgan fingerprint density at radius 1 is 1.32 bits per heavy atom. The van der Waals surface area contributed by atoms with Crippen LogP contribution in [0.3, 0.4) is 0 Å². The molecule has 25 heavy (non-hydrogen) atoms. The van der Waals surface area contributed by atoms with E-state index in [1.54, 1.807) is 17.4 Å².